The molecule has 0 unspecified atom stereocenters. The zero-order valence-electron chi connectivity index (χ0n) is 17.8. The molecule has 150 valence electrons. The van der Waals surface area contributed by atoms with Gasteiger partial charge in [-0.3, -0.25) is 4.79 Å². The molecule has 1 N–H and O–H groups in total. The number of Topliss-reactive ketones (excluding diaryl/α,β-unsaturated/α-hetero) is 1. The maximum atomic E-state index is 11.9. The van der Waals surface area contributed by atoms with E-state index in [9.17, 15) is 9.90 Å². The van der Waals surface area contributed by atoms with E-state index < -0.39 is 5.60 Å². The number of allylic oxidation sites excluding steroid dienone is 5. The molecule has 2 aliphatic carbocycles. The highest BCUT2D eigenvalue weighted by molar-refractivity contribution is 5.94. The number of hydrogen-bond acceptors (Lipinski definition) is 3. The van der Waals surface area contributed by atoms with Crippen molar-refractivity contribution in [2.75, 3.05) is 0 Å². The molecule has 3 fully saturated rings. The van der Waals surface area contributed by atoms with E-state index in [1.165, 1.54) is 5.57 Å². The average Bonchev–Trinajstić information content (AvgIpc) is 3.32. The van der Waals surface area contributed by atoms with Crippen LogP contribution in [0.5, 0.6) is 0 Å². The molecule has 3 rings (SSSR count). The Balaban J connectivity index is 1.92. The second-order valence-corrected chi connectivity index (χ2v) is 9.39. The van der Waals surface area contributed by atoms with Crippen LogP contribution in [0.25, 0.3) is 0 Å². The molecule has 0 aromatic heterocycles. The minimum atomic E-state index is -0.575. The number of rotatable bonds is 5. The first-order valence-electron chi connectivity index (χ1n) is 10.6. The SMILES string of the molecule is C/C=C(\C)[C@H]1[C@@H](/C=C/C=C(\C)C(=O)CC)[C@@H]2CC[C@](C)(O)C[C@H]2[C@@H]2O[C@@]21C. The number of epoxide rings is 1. The number of carbonyl (C=O) groups excluding carboxylic acids is 1. The normalized spacial score (nSPS) is 44.8. The molecule has 0 amide bonds. The molecule has 3 aliphatic rings. The van der Waals surface area contributed by atoms with Crippen LogP contribution in [0, 0.1) is 23.7 Å². The van der Waals surface area contributed by atoms with Crippen LogP contribution in [-0.4, -0.2) is 28.2 Å². The monoisotopic (exact) mass is 372 g/mol. The number of fused-ring (bicyclic) bond motifs is 3. The van der Waals surface area contributed by atoms with Crippen molar-refractivity contribution in [1.29, 1.82) is 0 Å². The van der Waals surface area contributed by atoms with Gasteiger partial charge in [-0.2, -0.15) is 0 Å². The second kappa shape index (κ2) is 7.33. The van der Waals surface area contributed by atoms with Gasteiger partial charge in [-0.15, -0.1) is 0 Å². The van der Waals surface area contributed by atoms with Crippen molar-refractivity contribution >= 4 is 5.78 Å². The number of carbonyl (C=O) groups is 1. The van der Waals surface area contributed by atoms with Crippen molar-refractivity contribution < 1.29 is 14.6 Å². The second-order valence-electron chi connectivity index (χ2n) is 9.39. The van der Waals surface area contributed by atoms with Gasteiger partial charge < -0.3 is 9.84 Å². The summed E-state index contributed by atoms with van der Waals surface area (Å²) in [6, 6.07) is 0. The maximum absolute atomic E-state index is 11.9. The van der Waals surface area contributed by atoms with Crippen LogP contribution in [0.1, 0.15) is 67.2 Å². The van der Waals surface area contributed by atoms with E-state index >= 15 is 0 Å². The molecule has 2 saturated carbocycles. The molecule has 0 aromatic carbocycles. The van der Waals surface area contributed by atoms with E-state index in [0.29, 0.717) is 30.1 Å². The van der Waals surface area contributed by atoms with Crippen molar-refractivity contribution in [2.24, 2.45) is 23.7 Å². The van der Waals surface area contributed by atoms with Crippen LogP contribution < -0.4 is 0 Å². The third kappa shape index (κ3) is 3.73. The molecule has 0 aromatic rings. The largest absolute Gasteiger partial charge is 0.390 e. The lowest BCUT2D eigenvalue weighted by Gasteiger charge is -2.48. The lowest BCUT2D eigenvalue weighted by molar-refractivity contribution is -0.115. The summed E-state index contributed by atoms with van der Waals surface area (Å²) in [5, 5.41) is 10.6. The summed E-state index contributed by atoms with van der Waals surface area (Å²) in [6.07, 6.45) is 12.1. The van der Waals surface area contributed by atoms with Gasteiger partial charge in [0.05, 0.1) is 17.3 Å². The predicted molar refractivity (Wildman–Crippen MR) is 109 cm³/mol. The first-order chi connectivity index (χ1) is 12.6. The molecule has 1 saturated heterocycles. The predicted octanol–water partition coefficient (Wildman–Crippen LogP) is 5.01. The zero-order chi connectivity index (χ0) is 20.0. The Hall–Kier alpha value is -1.19. The summed E-state index contributed by atoms with van der Waals surface area (Å²) in [5.41, 5.74) is 1.50. The molecule has 0 radical (unpaired) electrons. The zero-order valence-corrected chi connectivity index (χ0v) is 17.8. The van der Waals surface area contributed by atoms with Crippen molar-refractivity contribution in [2.45, 2.75) is 84.5 Å². The topological polar surface area (TPSA) is 49.8 Å². The standard InChI is InChI=1S/C24H36O3/c1-7-15(3)21-18(11-9-10-16(4)20(25)8-2)17-12-13-23(5,26)14-19(17)22-24(21,6)27-22/h7,9-11,17-19,21-22,26H,8,12-14H2,1-6H3/b11-9+,15-7+,16-10+/t17-,18-,19+,21-,22-,23-,24+/m0/s1. The fourth-order valence-electron chi connectivity index (χ4n) is 5.78. The average molecular weight is 373 g/mol. The number of hydrogen-bond donors (Lipinski definition) is 1. The first-order valence-corrected chi connectivity index (χ1v) is 10.6. The summed E-state index contributed by atoms with van der Waals surface area (Å²) < 4.78 is 6.32. The third-order valence-corrected chi connectivity index (χ3v) is 7.40. The highest BCUT2D eigenvalue weighted by Crippen LogP contribution is 2.64. The third-order valence-electron chi connectivity index (χ3n) is 7.40. The smallest absolute Gasteiger partial charge is 0.158 e. The number of ketones is 1. The Morgan fingerprint density at radius 3 is 2.59 bits per heavy atom. The lowest BCUT2D eigenvalue weighted by atomic mass is 9.55. The number of ether oxygens (including phenoxy) is 1. The van der Waals surface area contributed by atoms with E-state index in [4.69, 9.17) is 4.74 Å². The van der Waals surface area contributed by atoms with E-state index in [-0.39, 0.29) is 17.5 Å². The van der Waals surface area contributed by atoms with Gasteiger partial charge in [0.1, 0.15) is 0 Å². The van der Waals surface area contributed by atoms with Crippen molar-refractivity contribution in [3.8, 4) is 0 Å². The molecule has 27 heavy (non-hydrogen) atoms. The quantitative estimate of drug-likeness (QED) is 0.320. The van der Waals surface area contributed by atoms with Gasteiger partial charge >= 0.3 is 0 Å². The highest BCUT2D eigenvalue weighted by Gasteiger charge is 2.69. The van der Waals surface area contributed by atoms with Crippen LogP contribution in [0.4, 0.5) is 0 Å². The van der Waals surface area contributed by atoms with Gasteiger partial charge in [0.2, 0.25) is 0 Å². The Labute approximate surface area is 164 Å². The Morgan fingerprint density at radius 2 is 1.96 bits per heavy atom. The van der Waals surface area contributed by atoms with E-state index in [2.05, 4.69) is 39.0 Å². The van der Waals surface area contributed by atoms with Gasteiger partial charge in [-0.25, -0.2) is 0 Å². The Morgan fingerprint density at radius 1 is 1.26 bits per heavy atom. The fraction of sp³-hybridized carbons (Fsp3) is 0.708. The number of aliphatic hydroxyl groups is 1. The summed E-state index contributed by atoms with van der Waals surface area (Å²) in [7, 11) is 0. The Kier molecular flexibility index (Phi) is 5.58. The van der Waals surface area contributed by atoms with Crippen LogP contribution >= 0.6 is 0 Å². The van der Waals surface area contributed by atoms with Gasteiger partial charge in [0.15, 0.2) is 5.78 Å². The first kappa shape index (κ1) is 20.5. The van der Waals surface area contributed by atoms with Gasteiger partial charge in [-0.05, 0) is 77.2 Å². The molecule has 1 heterocycles. The highest BCUT2D eigenvalue weighted by atomic mass is 16.6. The lowest BCUT2D eigenvalue weighted by Crippen LogP contribution is -2.50. The Bertz CT molecular complexity index is 684. The molecule has 1 aliphatic heterocycles. The van der Waals surface area contributed by atoms with E-state index in [1.54, 1.807) is 0 Å². The van der Waals surface area contributed by atoms with E-state index in [0.717, 1.165) is 24.8 Å². The maximum Gasteiger partial charge on any atom is 0.158 e. The fourth-order valence-corrected chi connectivity index (χ4v) is 5.78. The molecule has 3 nitrogen and oxygen atoms in total. The molecule has 0 bridgehead atoms. The van der Waals surface area contributed by atoms with Gasteiger partial charge in [-0.1, -0.05) is 36.8 Å². The van der Waals surface area contributed by atoms with Crippen molar-refractivity contribution in [3.05, 3.63) is 35.5 Å². The molecule has 0 spiro atoms. The van der Waals surface area contributed by atoms with Gasteiger partial charge in [0, 0.05) is 12.3 Å². The summed E-state index contributed by atoms with van der Waals surface area (Å²) >= 11 is 0. The molecular formula is C24H36O3. The van der Waals surface area contributed by atoms with Crippen molar-refractivity contribution in [3.63, 3.8) is 0 Å². The molecular weight excluding hydrogens is 336 g/mol. The van der Waals surface area contributed by atoms with E-state index in [1.807, 2.05) is 26.8 Å². The van der Waals surface area contributed by atoms with Crippen LogP contribution in [-0.2, 0) is 9.53 Å². The van der Waals surface area contributed by atoms with Gasteiger partial charge in [0.25, 0.3) is 0 Å². The van der Waals surface area contributed by atoms with Crippen molar-refractivity contribution in [1.82, 2.24) is 0 Å². The van der Waals surface area contributed by atoms with Crippen LogP contribution in [0.15, 0.2) is 35.5 Å². The summed E-state index contributed by atoms with van der Waals surface area (Å²) in [5.74, 6) is 1.89. The van der Waals surface area contributed by atoms with Crippen LogP contribution in [0.3, 0.4) is 0 Å². The summed E-state index contributed by atoms with van der Waals surface area (Å²) in [4.78, 5) is 11.9. The minimum Gasteiger partial charge on any atom is -0.390 e. The minimum absolute atomic E-state index is 0.127. The molecule has 7 atom stereocenters. The molecule has 3 heteroatoms. The summed E-state index contributed by atoms with van der Waals surface area (Å²) in [6.45, 7) is 12.3. The van der Waals surface area contributed by atoms with Crippen LogP contribution in [0.2, 0.25) is 0 Å².